The van der Waals surface area contributed by atoms with Crippen LogP contribution in [0.15, 0.2) is 65.1 Å². The summed E-state index contributed by atoms with van der Waals surface area (Å²) in [7, 11) is 0. The van der Waals surface area contributed by atoms with Crippen molar-refractivity contribution in [3.8, 4) is 11.3 Å². The first-order valence-corrected chi connectivity index (χ1v) is 8.66. The van der Waals surface area contributed by atoms with E-state index in [0.717, 1.165) is 12.8 Å². The molecule has 0 spiro atoms. The standard InChI is InChI=1S/C21H17FN2O3/c22-15-5-3-13(4-6-15)18-11-12-19(27-18)21(26)24-17-9-7-16(8-10-17)23-20(25)14-1-2-14/h3-12,14H,1-2H2,(H,23,25)(H,24,26). The molecule has 2 amide bonds. The maximum absolute atomic E-state index is 13.0. The zero-order valence-corrected chi connectivity index (χ0v) is 14.4. The minimum Gasteiger partial charge on any atom is -0.451 e. The van der Waals surface area contributed by atoms with Gasteiger partial charge >= 0.3 is 0 Å². The first kappa shape index (κ1) is 17.0. The summed E-state index contributed by atoms with van der Waals surface area (Å²) in [6, 6.07) is 16.0. The van der Waals surface area contributed by atoms with Gasteiger partial charge in [0.05, 0.1) is 0 Å². The fourth-order valence-electron chi connectivity index (χ4n) is 2.65. The highest BCUT2D eigenvalue weighted by molar-refractivity contribution is 6.02. The molecule has 3 aromatic rings. The molecule has 0 atom stereocenters. The Bertz CT molecular complexity index is 973. The van der Waals surface area contributed by atoms with Gasteiger partial charge in [0.1, 0.15) is 11.6 Å². The van der Waals surface area contributed by atoms with Gasteiger partial charge in [-0.25, -0.2) is 4.39 Å². The number of nitrogens with one attached hydrogen (secondary N) is 2. The Balaban J connectivity index is 1.40. The molecular formula is C21H17FN2O3. The average molecular weight is 364 g/mol. The number of halogens is 1. The van der Waals surface area contributed by atoms with Gasteiger partial charge in [-0.3, -0.25) is 9.59 Å². The van der Waals surface area contributed by atoms with Crippen LogP contribution in [0, 0.1) is 11.7 Å². The average Bonchev–Trinajstić information content (AvgIpc) is 3.41. The van der Waals surface area contributed by atoms with E-state index in [1.165, 1.54) is 12.1 Å². The van der Waals surface area contributed by atoms with Crippen LogP contribution in [0.2, 0.25) is 0 Å². The van der Waals surface area contributed by atoms with Crippen molar-refractivity contribution in [3.05, 3.63) is 72.2 Å². The summed E-state index contributed by atoms with van der Waals surface area (Å²) in [5.74, 6) is 0.0891. The number of anilines is 2. The van der Waals surface area contributed by atoms with E-state index in [-0.39, 0.29) is 23.4 Å². The van der Waals surface area contributed by atoms with E-state index >= 15 is 0 Å². The molecule has 0 unspecified atom stereocenters. The molecule has 2 N–H and O–H groups in total. The lowest BCUT2D eigenvalue weighted by Gasteiger charge is -2.07. The second-order valence-corrected chi connectivity index (χ2v) is 6.47. The Kier molecular flexibility index (Phi) is 4.46. The smallest absolute Gasteiger partial charge is 0.291 e. The van der Waals surface area contributed by atoms with E-state index in [9.17, 15) is 14.0 Å². The Hall–Kier alpha value is -3.41. The molecule has 1 fully saturated rings. The molecule has 4 rings (SSSR count). The lowest BCUT2D eigenvalue weighted by atomic mass is 10.2. The Morgan fingerprint density at radius 2 is 1.48 bits per heavy atom. The number of furan rings is 1. The second-order valence-electron chi connectivity index (χ2n) is 6.47. The van der Waals surface area contributed by atoms with Gasteiger partial charge in [-0.15, -0.1) is 0 Å². The number of carbonyl (C=O) groups excluding carboxylic acids is 2. The highest BCUT2D eigenvalue weighted by atomic mass is 19.1. The normalized spacial score (nSPS) is 13.2. The van der Waals surface area contributed by atoms with Crippen molar-refractivity contribution in [2.24, 2.45) is 5.92 Å². The third kappa shape index (κ3) is 4.06. The van der Waals surface area contributed by atoms with Crippen molar-refractivity contribution in [3.63, 3.8) is 0 Å². The molecule has 5 nitrogen and oxygen atoms in total. The summed E-state index contributed by atoms with van der Waals surface area (Å²) in [6.45, 7) is 0. The molecule has 1 saturated carbocycles. The fourth-order valence-corrected chi connectivity index (χ4v) is 2.65. The molecule has 0 saturated heterocycles. The van der Waals surface area contributed by atoms with Crippen molar-refractivity contribution in [2.75, 3.05) is 10.6 Å². The number of hydrogen-bond donors (Lipinski definition) is 2. The van der Waals surface area contributed by atoms with Crippen molar-refractivity contribution < 1.29 is 18.4 Å². The molecule has 1 aliphatic carbocycles. The van der Waals surface area contributed by atoms with Crippen molar-refractivity contribution >= 4 is 23.2 Å². The van der Waals surface area contributed by atoms with Gasteiger partial charge in [-0.2, -0.15) is 0 Å². The summed E-state index contributed by atoms with van der Waals surface area (Å²) in [5.41, 5.74) is 1.97. The van der Waals surface area contributed by atoms with Crippen LogP contribution in [0.4, 0.5) is 15.8 Å². The van der Waals surface area contributed by atoms with Gasteiger partial charge in [0.2, 0.25) is 5.91 Å². The summed E-state index contributed by atoms with van der Waals surface area (Å²) < 4.78 is 18.6. The monoisotopic (exact) mass is 364 g/mol. The van der Waals surface area contributed by atoms with Gasteiger partial charge in [-0.1, -0.05) is 0 Å². The van der Waals surface area contributed by atoms with Crippen LogP contribution < -0.4 is 10.6 Å². The first-order valence-electron chi connectivity index (χ1n) is 8.66. The molecular weight excluding hydrogens is 347 g/mol. The van der Waals surface area contributed by atoms with Gasteiger partial charge < -0.3 is 15.1 Å². The molecule has 27 heavy (non-hydrogen) atoms. The highest BCUT2D eigenvalue weighted by Crippen LogP contribution is 2.30. The number of rotatable bonds is 5. The van der Waals surface area contributed by atoms with E-state index in [1.54, 1.807) is 48.5 Å². The Morgan fingerprint density at radius 1 is 0.852 bits per heavy atom. The Labute approximate surface area is 155 Å². The molecule has 2 aromatic carbocycles. The second kappa shape index (κ2) is 7.07. The minimum absolute atomic E-state index is 0.0377. The van der Waals surface area contributed by atoms with E-state index in [1.807, 2.05) is 0 Å². The molecule has 0 aliphatic heterocycles. The fraction of sp³-hybridized carbons (Fsp3) is 0.143. The van der Waals surface area contributed by atoms with Crippen LogP contribution in [0.25, 0.3) is 11.3 Å². The van der Waals surface area contributed by atoms with Crippen LogP contribution in [-0.4, -0.2) is 11.8 Å². The van der Waals surface area contributed by atoms with Crippen molar-refractivity contribution in [1.82, 2.24) is 0 Å². The van der Waals surface area contributed by atoms with Crippen molar-refractivity contribution in [2.45, 2.75) is 12.8 Å². The predicted octanol–water partition coefficient (Wildman–Crippen LogP) is 4.69. The predicted molar refractivity (Wildman–Crippen MR) is 99.9 cm³/mol. The van der Waals surface area contributed by atoms with Crippen LogP contribution >= 0.6 is 0 Å². The number of benzene rings is 2. The maximum atomic E-state index is 13.0. The van der Waals surface area contributed by atoms with Crippen LogP contribution in [0.1, 0.15) is 23.4 Å². The lowest BCUT2D eigenvalue weighted by molar-refractivity contribution is -0.117. The van der Waals surface area contributed by atoms with Crippen molar-refractivity contribution in [1.29, 1.82) is 0 Å². The number of hydrogen-bond acceptors (Lipinski definition) is 3. The minimum atomic E-state index is -0.391. The number of carbonyl (C=O) groups is 2. The van der Waals surface area contributed by atoms with E-state index in [2.05, 4.69) is 10.6 Å². The highest BCUT2D eigenvalue weighted by Gasteiger charge is 2.29. The maximum Gasteiger partial charge on any atom is 0.291 e. The van der Waals surface area contributed by atoms with Crippen LogP contribution in [0.3, 0.4) is 0 Å². The van der Waals surface area contributed by atoms with E-state index in [4.69, 9.17) is 4.42 Å². The molecule has 6 heteroatoms. The van der Waals surface area contributed by atoms with Gasteiger partial charge in [0.25, 0.3) is 5.91 Å². The summed E-state index contributed by atoms with van der Waals surface area (Å²) >= 11 is 0. The van der Waals surface area contributed by atoms with Gasteiger partial charge in [-0.05, 0) is 73.5 Å². The zero-order valence-electron chi connectivity index (χ0n) is 14.4. The third-order valence-electron chi connectivity index (χ3n) is 4.32. The van der Waals surface area contributed by atoms with Crippen LogP contribution in [0.5, 0.6) is 0 Å². The molecule has 1 aromatic heterocycles. The summed E-state index contributed by atoms with van der Waals surface area (Å²) in [5, 5.41) is 5.59. The van der Waals surface area contributed by atoms with E-state index < -0.39 is 5.91 Å². The zero-order chi connectivity index (χ0) is 18.8. The molecule has 0 bridgehead atoms. The van der Waals surface area contributed by atoms with Gasteiger partial charge in [0.15, 0.2) is 5.76 Å². The van der Waals surface area contributed by atoms with E-state index in [0.29, 0.717) is 22.7 Å². The summed E-state index contributed by atoms with van der Waals surface area (Å²) in [4.78, 5) is 24.1. The molecule has 0 radical (unpaired) electrons. The summed E-state index contributed by atoms with van der Waals surface area (Å²) in [6.07, 6.45) is 1.89. The lowest BCUT2D eigenvalue weighted by Crippen LogP contribution is -2.13. The third-order valence-corrected chi connectivity index (χ3v) is 4.32. The molecule has 1 heterocycles. The van der Waals surface area contributed by atoms with Crippen LogP contribution in [-0.2, 0) is 4.79 Å². The Morgan fingerprint density at radius 3 is 2.11 bits per heavy atom. The SMILES string of the molecule is O=C(Nc1ccc(NC(=O)C2CC2)cc1)c1ccc(-c2ccc(F)cc2)o1. The molecule has 136 valence electrons. The van der Waals surface area contributed by atoms with Gasteiger partial charge in [0, 0.05) is 22.9 Å². The molecule has 1 aliphatic rings. The topological polar surface area (TPSA) is 71.3 Å². The quantitative estimate of drug-likeness (QED) is 0.690. The largest absolute Gasteiger partial charge is 0.451 e. The number of amides is 2. The first-order chi connectivity index (χ1) is 13.1.